The van der Waals surface area contributed by atoms with Gasteiger partial charge in [0.05, 0.1) is 0 Å². The Balaban J connectivity index is 1.45. The average Bonchev–Trinajstić information content (AvgIpc) is 3.06. The standard InChI is InChI=1S/C28H48/c1-18(2)19-9-10-21-20(19)13-16-27(5)24(21)11-12-25-22-8-7-15-26(3,4)23(22)14-17-28(25,27)6/h18-25H,7-17H2,1-6H3/t19-,20-,21+,22+,23-,24-,25-,27-,28-/m1/s1. The largest absolute Gasteiger partial charge is 0.0625 e. The fraction of sp³-hybridized carbons (Fsp3) is 1.00. The molecule has 5 aliphatic carbocycles. The van der Waals surface area contributed by atoms with Gasteiger partial charge in [-0.2, -0.15) is 0 Å². The van der Waals surface area contributed by atoms with E-state index in [4.69, 9.17) is 0 Å². The molecular formula is C28H48. The lowest BCUT2D eigenvalue weighted by molar-refractivity contribution is -0.197. The average molecular weight is 385 g/mol. The molecule has 0 aromatic rings. The van der Waals surface area contributed by atoms with Crippen LogP contribution >= 0.6 is 0 Å². The van der Waals surface area contributed by atoms with E-state index in [1.807, 2.05) is 0 Å². The maximum Gasteiger partial charge on any atom is -0.0238 e. The molecule has 28 heavy (non-hydrogen) atoms. The Morgan fingerprint density at radius 2 is 1.21 bits per heavy atom. The van der Waals surface area contributed by atoms with Gasteiger partial charge < -0.3 is 0 Å². The van der Waals surface area contributed by atoms with Gasteiger partial charge in [-0.25, -0.2) is 0 Å². The lowest BCUT2D eigenvalue weighted by Crippen LogP contribution is -2.61. The molecule has 0 heteroatoms. The van der Waals surface area contributed by atoms with Crippen LogP contribution in [0.15, 0.2) is 0 Å². The van der Waals surface area contributed by atoms with Crippen molar-refractivity contribution in [3.63, 3.8) is 0 Å². The van der Waals surface area contributed by atoms with E-state index in [-0.39, 0.29) is 0 Å². The zero-order valence-corrected chi connectivity index (χ0v) is 19.9. The van der Waals surface area contributed by atoms with Crippen LogP contribution in [0.2, 0.25) is 0 Å². The highest BCUT2D eigenvalue weighted by Gasteiger charge is 2.65. The molecule has 0 nitrogen and oxygen atoms in total. The number of hydrogen-bond donors (Lipinski definition) is 0. The van der Waals surface area contributed by atoms with Gasteiger partial charge in [0.15, 0.2) is 0 Å². The molecule has 9 atom stereocenters. The fourth-order valence-electron chi connectivity index (χ4n) is 10.8. The molecule has 0 unspecified atom stereocenters. The van der Waals surface area contributed by atoms with Crippen molar-refractivity contribution in [2.24, 2.45) is 63.6 Å². The lowest BCUT2D eigenvalue weighted by Gasteiger charge is -2.68. The first-order valence-corrected chi connectivity index (χ1v) is 13.2. The molecule has 0 bridgehead atoms. The van der Waals surface area contributed by atoms with Crippen molar-refractivity contribution in [2.75, 3.05) is 0 Å². The third kappa shape index (κ3) is 2.54. The van der Waals surface area contributed by atoms with Gasteiger partial charge in [-0.15, -0.1) is 0 Å². The van der Waals surface area contributed by atoms with Crippen molar-refractivity contribution in [3.8, 4) is 0 Å². The van der Waals surface area contributed by atoms with Crippen LogP contribution in [-0.2, 0) is 0 Å². The second-order valence-electron chi connectivity index (χ2n) is 13.7. The highest BCUT2D eigenvalue weighted by atomic mass is 14.7. The fourth-order valence-corrected chi connectivity index (χ4v) is 10.8. The zero-order chi connectivity index (χ0) is 19.9. The Labute approximate surface area is 176 Å². The summed E-state index contributed by atoms with van der Waals surface area (Å²) >= 11 is 0. The minimum absolute atomic E-state index is 0.607. The number of hydrogen-bond acceptors (Lipinski definition) is 0. The van der Waals surface area contributed by atoms with Gasteiger partial charge in [0.1, 0.15) is 0 Å². The summed E-state index contributed by atoms with van der Waals surface area (Å²) in [5, 5.41) is 0. The maximum absolute atomic E-state index is 2.80. The molecule has 0 aliphatic heterocycles. The molecule has 0 radical (unpaired) electrons. The van der Waals surface area contributed by atoms with Crippen LogP contribution in [0.25, 0.3) is 0 Å². The van der Waals surface area contributed by atoms with Gasteiger partial charge in [-0.05, 0) is 128 Å². The normalized spacial score (nSPS) is 55.2. The summed E-state index contributed by atoms with van der Waals surface area (Å²) in [6.07, 6.45) is 17.0. The molecule has 0 aromatic heterocycles. The highest BCUT2D eigenvalue weighted by Crippen LogP contribution is 2.73. The summed E-state index contributed by atoms with van der Waals surface area (Å²) in [6, 6.07) is 0. The highest BCUT2D eigenvalue weighted by molar-refractivity contribution is 5.14. The van der Waals surface area contributed by atoms with Gasteiger partial charge >= 0.3 is 0 Å². The van der Waals surface area contributed by atoms with Gasteiger partial charge in [-0.1, -0.05) is 48.0 Å². The Kier molecular flexibility index (Phi) is 4.63. The Hall–Kier alpha value is 0. The van der Waals surface area contributed by atoms with E-state index < -0.39 is 0 Å². The number of fused-ring (bicyclic) bond motifs is 7. The van der Waals surface area contributed by atoms with E-state index in [0.29, 0.717) is 16.2 Å². The van der Waals surface area contributed by atoms with E-state index in [0.717, 1.165) is 47.3 Å². The number of rotatable bonds is 1. The van der Waals surface area contributed by atoms with Crippen LogP contribution in [0.5, 0.6) is 0 Å². The minimum Gasteiger partial charge on any atom is -0.0625 e. The molecule has 160 valence electrons. The van der Waals surface area contributed by atoms with E-state index in [1.165, 1.54) is 19.3 Å². The molecule has 0 amide bonds. The molecule has 5 rings (SSSR count). The third-order valence-corrected chi connectivity index (χ3v) is 12.4. The van der Waals surface area contributed by atoms with E-state index in [9.17, 15) is 0 Å². The predicted molar refractivity (Wildman–Crippen MR) is 120 cm³/mol. The zero-order valence-electron chi connectivity index (χ0n) is 19.9. The van der Waals surface area contributed by atoms with Crippen LogP contribution in [0.3, 0.4) is 0 Å². The van der Waals surface area contributed by atoms with Crippen LogP contribution in [0, 0.1) is 63.6 Å². The quantitative estimate of drug-likeness (QED) is 0.426. The molecule has 0 saturated heterocycles. The summed E-state index contributed by atoms with van der Waals surface area (Å²) in [5.74, 6) is 8.24. The topological polar surface area (TPSA) is 0 Å². The van der Waals surface area contributed by atoms with Crippen LogP contribution in [0.1, 0.15) is 112 Å². The van der Waals surface area contributed by atoms with E-state index in [2.05, 4.69) is 41.5 Å². The van der Waals surface area contributed by atoms with Gasteiger partial charge in [0.2, 0.25) is 0 Å². The van der Waals surface area contributed by atoms with Crippen LogP contribution in [0.4, 0.5) is 0 Å². The van der Waals surface area contributed by atoms with Crippen molar-refractivity contribution in [1.29, 1.82) is 0 Å². The first-order chi connectivity index (χ1) is 13.2. The Bertz CT molecular complexity index is 601. The van der Waals surface area contributed by atoms with Gasteiger partial charge in [-0.3, -0.25) is 0 Å². The monoisotopic (exact) mass is 384 g/mol. The minimum atomic E-state index is 0.607. The molecule has 0 N–H and O–H groups in total. The van der Waals surface area contributed by atoms with Crippen LogP contribution in [-0.4, -0.2) is 0 Å². The predicted octanol–water partition coefficient (Wildman–Crippen LogP) is 8.35. The SMILES string of the molecule is CC(C)[C@H]1CC[C@H]2[C@@H]1CC[C@]1(C)[C@@H]2CC[C@@H]2[C@H]3CCCC(C)(C)[C@@H]3CC[C@]21C. The van der Waals surface area contributed by atoms with Crippen molar-refractivity contribution in [1.82, 2.24) is 0 Å². The smallest absolute Gasteiger partial charge is 0.0238 e. The second-order valence-corrected chi connectivity index (χ2v) is 13.7. The first-order valence-electron chi connectivity index (χ1n) is 13.2. The molecule has 5 aliphatic rings. The molecule has 0 aromatic carbocycles. The lowest BCUT2D eigenvalue weighted by atomic mass is 9.36. The summed E-state index contributed by atoms with van der Waals surface area (Å²) in [6.45, 7) is 15.8. The van der Waals surface area contributed by atoms with Crippen LogP contribution < -0.4 is 0 Å². The van der Waals surface area contributed by atoms with Crippen molar-refractivity contribution >= 4 is 0 Å². The van der Waals surface area contributed by atoms with Crippen molar-refractivity contribution < 1.29 is 0 Å². The first kappa shape index (κ1) is 19.9. The molecule has 0 spiro atoms. The summed E-state index contributed by atoms with van der Waals surface area (Å²) in [4.78, 5) is 0. The van der Waals surface area contributed by atoms with Crippen molar-refractivity contribution in [3.05, 3.63) is 0 Å². The van der Waals surface area contributed by atoms with Gasteiger partial charge in [0, 0.05) is 0 Å². The van der Waals surface area contributed by atoms with E-state index in [1.54, 1.807) is 51.4 Å². The second kappa shape index (κ2) is 6.50. The third-order valence-electron chi connectivity index (χ3n) is 12.4. The molecule has 5 saturated carbocycles. The summed E-state index contributed by atoms with van der Waals surface area (Å²) in [7, 11) is 0. The molecule has 5 fully saturated rings. The Morgan fingerprint density at radius 3 is 1.89 bits per heavy atom. The molecule has 0 heterocycles. The Morgan fingerprint density at radius 1 is 0.571 bits per heavy atom. The summed E-state index contributed by atoms with van der Waals surface area (Å²) < 4.78 is 0. The maximum atomic E-state index is 2.80. The van der Waals surface area contributed by atoms with Crippen molar-refractivity contribution in [2.45, 2.75) is 112 Å². The van der Waals surface area contributed by atoms with E-state index >= 15 is 0 Å². The summed E-state index contributed by atoms with van der Waals surface area (Å²) in [5.41, 5.74) is 1.87. The molecular weight excluding hydrogens is 336 g/mol. The van der Waals surface area contributed by atoms with Gasteiger partial charge in [0.25, 0.3) is 0 Å².